The van der Waals surface area contributed by atoms with E-state index in [4.69, 9.17) is 4.74 Å². The first-order chi connectivity index (χ1) is 9.72. The van der Waals surface area contributed by atoms with Crippen LogP contribution in [0, 0.1) is 6.92 Å². The number of nitrogens with one attached hydrogen (secondary N) is 1. The Morgan fingerprint density at radius 1 is 1.20 bits per heavy atom. The molecule has 0 amide bonds. The molecule has 0 unspecified atom stereocenters. The molecule has 0 fully saturated rings. The number of aryl methyl sites for hydroxylation is 2. The number of anilines is 1. The summed E-state index contributed by atoms with van der Waals surface area (Å²) < 4.78 is 8.00. The molecule has 0 aliphatic rings. The first-order valence-electron chi connectivity index (χ1n) is 7.35. The van der Waals surface area contributed by atoms with Crippen LogP contribution in [0.25, 0.3) is 0 Å². The first kappa shape index (κ1) is 14.5. The van der Waals surface area contributed by atoms with Crippen molar-refractivity contribution in [3.63, 3.8) is 0 Å². The molecule has 1 N–H and O–H groups in total. The van der Waals surface area contributed by atoms with Crippen molar-refractivity contribution in [2.45, 2.75) is 40.3 Å². The fourth-order valence-electron chi connectivity index (χ4n) is 2.10. The molecule has 0 aliphatic heterocycles. The number of hydrogen-bond acceptors (Lipinski definition) is 2. The van der Waals surface area contributed by atoms with Gasteiger partial charge in [0.2, 0.25) is 0 Å². The van der Waals surface area contributed by atoms with Crippen LogP contribution in [0.4, 0.5) is 5.69 Å². The van der Waals surface area contributed by atoms with Gasteiger partial charge in [0.15, 0.2) is 0 Å². The molecular weight excluding hydrogens is 248 g/mol. The molecule has 20 heavy (non-hydrogen) atoms. The van der Waals surface area contributed by atoms with Gasteiger partial charge in [-0.3, -0.25) is 0 Å². The summed E-state index contributed by atoms with van der Waals surface area (Å²) in [7, 11) is 0. The van der Waals surface area contributed by atoms with Gasteiger partial charge >= 0.3 is 0 Å². The highest BCUT2D eigenvalue weighted by molar-refractivity contribution is 5.57. The van der Waals surface area contributed by atoms with Gasteiger partial charge in [0.05, 0.1) is 12.3 Å². The van der Waals surface area contributed by atoms with E-state index in [-0.39, 0.29) is 0 Å². The van der Waals surface area contributed by atoms with Gasteiger partial charge in [-0.2, -0.15) is 0 Å². The molecule has 3 nitrogen and oxygen atoms in total. The van der Waals surface area contributed by atoms with Gasteiger partial charge in [-0.25, -0.2) is 0 Å². The number of hydrogen-bond donors (Lipinski definition) is 1. The second-order valence-electron chi connectivity index (χ2n) is 5.05. The molecule has 1 heterocycles. The average Bonchev–Trinajstić information content (AvgIpc) is 2.92. The van der Waals surface area contributed by atoms with Crippen molar-refractivity contribution < 1.29 is 4.74 Å². The summed E-state index contributed by atoms with van der Waals surface area (Å²) in [6.45, 7) is 8.94. The fraction of sp³-hybridized carbons (Fsp3) is 0.412. The van der Waals surface area contributed by atoms with Crippen LogP contribution in [0.2, 0.25) is 0 Å². The molecule has 0 saturated heterocycles. The van der Waals surface area contributed by atoms with Crippen LogP contribution in [-0.4, -0.2) is 11.2 Å². The van der Waals surface area contributed by atoms with E-state index in [0.717, 1.165) is 37.6 Å². The minimum absolute atomic E-state index is 0.754. The second kappa shape index (κ2) is 7.04. The monoisotopic (exact) mass is 272 g/mol. The van der Waals surface area contributed by atoms with E-state index in [9.17, 15) is 0 Å². The summed E-state index contributed by atoms with van der Waals surface area (Å²) in [6.07, 6.45) is 5.31. The third-order valence-corrected chi connectivity index (χ3v) is 3.26. The van der Waals surface area contributed by atoms with Gasteiger partial charge in [0, 0.05) is 25.5 Å². The van der Waals surface area contributed by atoms with E-state index < -0.39 is 0 Å². The van der Waals surface area contributed by atoms with E-state index in [1.54, 1.807) is 0 Å². The van der Waals surface area contributed by atoms with Crippen molar-refractivity contribution in [3.8, 4) is 5.75 Å². The van der Waals surface area contributed by atoms with Gasteiger partial charge in [-0.1, -0.05) is 13.0 Å². The maximum Gasteiger partial charge on any atom is 0.142 e. The summed E-state index contributed by atoms with van der Waals surface area (Å²) in [5, 5.41) is 3.46. The lowest BCUT2D eigenvalue weighted by Crippen LogP contribution is -2.03. The van der Waals surface area contributed by atoms with E-state index in [0.29, 0.717) is 0 Å². The van der Waals surface area contributed by atoms with Gasteiger partial charge in [0.25, 0.3) is 0 Å². The molecule has 1 aromatic carbocycles. The maximum absolute atomic E-state index is 5.81. The molecule has 1 aromatic heterocycles. The van der Waals surface area contributed by atoms with Crippen molar-refractivity contribution in [2.75, 3.05) is 11.9 Å². The van der Waals surface area contributed by atoms with Crippen LogP contribution < -0.4 is 10.1 Å². The standard InChI is InChI=1S/C17H24N2O/c1-4-10-20-17-11-14(3)6-7-16(17)18-12-15-8-9-19(5-2)13-15/h6-9,11,13,18H,4-5,10,12H2,1-3H3. The lowest BCUT2D eigenvalue weighted by Gasteiger charge is -2.13. The van der Waals surface area contributed by atoms with E-state index in [2.05, 4.69) is 67.3 Å². The molecule has 2 aromatic rings. The van der Waals surface area contributed by atoms with Crippen molar-refractivity contribution in [1.29, 1.82) is 0 Å². The van der Waals surface area contributed by atoms with Crippen LogP contribution in [0.15, 0.2) is 36.7 Å². The van der Waals surface area contributed by atoms with Crippen LogP contribution in [0.5, 0.6) is 5.75 Å². The third-order valence-electron chi connectivity index (χ3n) is 3.26. The van der Waals surface area contributed by atoms with Gasteiger partial charge in [0.1, 0.15) is 5.75 Å². The number of benzene rings is 1. The number of aromatic nitrogens is 1. The van der Waals surface area contributed by atoms with Gasteiger partial charge in [-0.05, 0) is 49.6 Å². The predicted octanol–water partition coefficient (Wildman–Crippen LogP) is 4.22. The smallest absolute Gasteiger partial charge is 0.142 e. The zero-order valence-corrected chi connectivity index (χ0v) is 12.6. The highest BCUT2D eigenvalue weighted by Crippen LogP contribution is 2.26. The number of ether oxygens (including phenoxy) is 1. The molecule has 0 bridgehead atoms. The summed E-state index contributed by atoms with van der Waals surface area (Å²) in [4.78, 5) is 0. The molecule has 0 aliphatic carbocycles. The molecule has 3 heteroatoms. The Balaban J connectivity index is 2.04. The predicted molar refractivity (Wildman–Crippen MR) is 84.4 cm³/mol. The van der Waals surface area contributed by atoms with Crippen LogP contribution in [0.1, 0.15) is 31.4 Å². The minimum Gasteiger partial charge on any atom is -0.491 e. The second-order valence-corrected chi connectivity index (χ2v) is 5.05. The topological polar surface area (TPSA) is 26.2 Å². The maximum atomic E-state index is 5.81. The number of rotatable bonds is 7. The molecule has 0 saturated carbocycles. The van der Waals surface area contributed by atoms with Crippen molar-refractivity contribution in [1.82, 2.24) is 4.57 Å². The SMILES string of the molecule is CCCOc1cc(C)ccc1NCc1ccn(CC)c1. The average molecular weight is 272 g/mol. The quantitative estimate of drug-likeness (QED) is 0.817. The van der Waals surface area contributed by atoms with E-state index >= 15 is 0 Å². The van der Waals surface area contributed by atoms with Gasteiger partial charge in [-0.15, -0.1) is 0 Å². The Morgan fingerprint density at radius 3 is 2.75 bits per heavy atom. The third kappa shape index (κ3) is 3.80. The number of nitrogens with zero attached hydrogens (tertiary/aromatic N) is 1. The summed E-state index contributed by atoms with van der Waals surface area (Å²) in [5.41, 5.74) is 3.57. The van der Waals surface area contributed by atoms with Gasteiger partial charge < -0.3 is 14.6 Å². The molecule has 108 valence electrons. The lowest BCUT2D eigenvalue weighted by molar-refractivity contribution is 0.318. The molecule has 2 rings (SSSR count). The summed E-state index contributed by atoms with van der Waals surface area (Å²) in [6, 6.07) is 8.45. The molecule has 0 radical (unpaired) electrons. The zero-order valence-electron chi connectivity index (χ0n) is 12.6. The van der Waals surface area contributed by atoms with Crippen LogP contribution in [0.3, 0.4) is 0 Å². The highest BCUT2D eigenvalue weighted by Gasteiger charge is 2.04. The van der Waals surface area contributed by atoms with Crippen LogP contribution >= 0.6 is 0 Å². The lowest BCUT2D eigenvalue weighted by atomic mass is 10.2. The zero-order chi connectivity index (χ0) is 14.4. The molecular formula is C17H24N2O. The summed E-state index contributed by atoms with van der Waals surface area (Å²) in [5.74, 6) is 0.946. The fourth-order valence-corrected chi connectivity index (χ4v) is 2.10. The van der Waals surface area contributed by atoms with Crippen molar-refractivity contribution in [2.24, 2.45) is 0 Å². The minimum atomic E-state index is 0.754. The van der Waals surface area contributed by atoms with Crippen molar-refractivity contribution in [3.05, 3.63) is 47.8 Å². The Morgan fingerprint density at radius 2 is 2.05 bits per heavy atom. The Labute approximate surface area is 121 Å². The van der Waals surface area contributed by atoms with E-state index in [1.807, 2.05) is 0 Å². The van der Waals surface area contributed by atoms with Crippen molar-refractivity contribution >= 4 is 5.69 Å². The normalized spacial score (nSPS) is 10.6. The van der Waals surface area contributed by atoms with E-state index in [1.165, 1.54) is 11.1 Å². The highest BCUT2D eigenvalue weighted by atomic mass is 16.5. The molecule has 0 atom stereocenters. The Kier molecular flexibility index (Phi) is 5.10. The Bertz CT molecular complexity index is 546. The summed E-state index contributed by atoms with van der Waals surface area (Å²) >= 11 is 0. The first-order valence-corrected chi connectivity index (χ1v) is 7.35. The Hall–Kier alpha value is -1.90. The molecule has 0 spiro atoms. The largest absolute Gasteiger partial charge is 0.491 e. The van der Waals surface area contributed by atoms with Crippen LogP contribution in [-0.2, 0) is 13.1 Å².